The van der Waals surface area contributed by atoms with Crippen LogP contribution in [-0.2, 0) is 17.1 Å². The Morgan fingerprint density at radius 1 is 1.30 bits per heavy atom. The number of aromatic nitrogens is 1. The topological polar surface area (TPSA) is 100 Å². The lowest BCUT2D eigenvalue weighted by Gasteiger charge is -2.23. The number of aliphatic hydroxyl groups is 1. The van der Waals surface area contributed by atoms with Crippen LogP contribution < -0.4 is 15.6 Å². The standard InChI is InChI=1S/C19H22FI2N3O4S/c1-11-7-16(24-30(28,29)19(5-6-19)9-13(26)10-21)17(25(2)18(11)27)23-15-4-3-12(22)8-14(15)20/h3-4,7-8,13,23-24,26H,5-6,9-10H2,1-2H3/t13-/m0/s1. The zero-order valence-corrected chi connectivity index (χ0v) is 21.5. The first kappa shape index (κ1) is 23.7. The Kier molecular flexibility index (Phi) is 7.04. The number of aliphatic hydroxyl groups excluding tert-OH is 1. The second kappa shape index (κ2) is 8.90. The molecule has 1 aliphatic carbocycles. The fourth-order valence-electron chi connectivity index (χ4n) is 3.30. The van der Waals surface area contributed by atoms with Gasteiger partial charge < -0.3 is 10.4 Å². The zero-order chi connectivity index (χ0) is 22.3. The van der Waals surface area contributed by atoms with Crippen LogP contribution in [0.5, 0.6) is 0 Å². The van der Waals surface area contributed by atoms with Crippen molar-refractivity contribution in [2.75, 3.05) is 14.5 Å². The van der Waals surface area contributed by atoms with Gasteiger partial charge in [0.15, 0.2) is 0 Å². The molecule has 0 bridgehead atoms. The summed E-state index contributed by atoms with van der Waals surface area (Å²) in [5.74, 6) is -0.382. The van der Waals surface area contributed by atoms with E-state index >= 15 is 0 Å². The van der Waals surface area contributed by atoms with Crippen molar-refractivity contribution in [3.05, 3.63) is 49.6 Å². The fourth-order valence-corrected chi connectivity index (χ4v) is 5.78. The average molecular weight is 661 g/mol. The van der Waals surface area contributed by atoms with Gasteiger partial charge in [0.25, 0.3) is 5.56 Å². The van der Waals surface area contributed by atoms with Crippen LogP contribution in [-0.4, -0.2) is 33.4 Å². The number of nitrogens with zero attached hydrogens (tertiary/aromatic N) is 1. The van der Waals surface area contributed by atoms with Gasteiger partial charge in [0, 0.05) is 20.6 Å². The molecule has 164 valence electrons. The van der Waals surface area contributed by atoms with Crippen LogP contribution in [0.4, 0.5) is 21.6 Å². The van der Waals surface area contributed by atoms with E-state index in [4.69, 9.17) is 0 Å². The lowest BCUT2D eigenvalue weighted by molar-refractivity contribution is 0.187. The second-order valence-electron chi connectivity index (χ2n) is 7.50. The molecule has 11 heteroatoms. The number of aryl methyl sites for hydroxylation is 1. The van der Waals surface area contributed by atoms with E-state index in [2.05, 4.69) is 10.0 Å². The van der Waals surface area contributed by atoms with E-state index < -0.39 is 26.7 Å². The molecule has 3 rings (SSSR count). The highest BCUT2D eigenvalue weighted by atomic mass is 127. The molecule has 1 heterocycles. The second-order valence-corrected chi connectivity index (χ2v) is 11.7. The van der Waals surface area contributed by atoms with Crippen molar-refractivity contribution in [1.29, 1.82) is 0 Å². The highest BCUT2D eigenvalue weighted by molar-refractivity contribution is 14.1. The summed E-state index contributed by atoms with van der Waals surface area (Å²) in [4.78, 5) is 12.4. The molecule has 1 aliphatic rings. The minimum Gasteiger partial charge on any atom is -0.392 e. The van der Waals surface area contributed by atoms with Crippen LogP contribution in [0.3, 0.4) is 0 Å². The smallest absolute Gasteiger partial charge is 0.254 e. The molecule has 2 aromatic rings. The van der Waals surface area contributed by atoms with Gasteiger partial charge in [0.1, 0.15) is 11.6 Å². The van der Waals surface area contributed by atoms with Gasteiger partial charge in [-0.3, -0.25) is 14.1 Å². The van der Waals surface area contributed by atoms with Crippen LogP contribution in [0.2, 0.25) is 0 Å². The largest absolute Gasteiger partial charge is 0.392 e. The summed E-state index contributed by atoms with van der Waals surface area (Å²) < 4.78 is 44.6. The molecule has 0 radical (unpaired) electrons. The number of nitrogens with one attached hydrogen (secondary N) is 2. The Labute approximate surface area is 201 Å². The van der Waals surface area contributed by atoms with Crippen molar-refractivity contribution in [1.82, 2.24) is 4.57 Å². The van der Waals surface area contributed by atoms with Gasteiger partial charge in [-0.15, -0.1) is 0 Å². The number of anilines is 3. The lowest BCUT2D eigenvalue weighted by Crippen LogP contribution is -2.34. The third-order valence-corrected chi connectivity index (χ3v) is 9.08. The van der Waals surface area contributed by atoms with E-state index in [1.807, 2.05) is 45.2 Å². The summed E-state index contributed by atoms with van der Waals surface area (Å²) >= 11 is 4.01. The van der Waals surface area contributed by atoms with E-state index in [-0.39, 0.29) is 29.2 Å². The Hall–Kier alpha value is -0.930. The van der Waals surface area contributed by atoms with E-state index in [9.17, 15) is 22.7 Å². The minimum absolute atomic E-state index is 0.121. The molecule has 1 fully saturated rings. The summed E-state index contributed by atoms with van der Waals surface area (Å²) in [5, 5.41) is 12.8. The number of hydrogen-bond donors (Lipinski definition) is 3. The summed E-state index contributed by atoms with van der Waals surface area (Å²) in [6.07, 6.45) is 0.333. The number of rotatable bonds is 8. The number of benzene rings is 1. The Balaban J connectivity index is 2.01. The summed E-state index contributed by atoms with van der Waals surface area (Å²) in [6, 6.07) is 6.01. The van der Waals surface area contributed by atoms with Crippen molar-refractivity contribution < 1.29 is 17.9 Å². The highest BCUT2D eigenvalue weighted by Crippen LogP contribution is 2.48. The van der Waals surface area contributed by atoms with E-state index in [0.717, 1.165) is 0 Å². The fraction of sp³-hybridized carbons (Fsp3) is 0.421. The summed E-state index contributed by atoms with van der Waals surface area (Å²) in [6.45, 7) is 1.59. The van der Waals surface area contributed by atoms with E-state index in [1.165, 1.54) is 29.8 Å². The number of pyridine rings is 1. The Morgan fingerprint density at radius 3 is 2.53 bits per heavy atom. The predicted octanol–water partition coefficient (Wildman–Crippen LogP) is 3.64. The normalized spacial score (nSPS) is 16.2. The molecule has 0 aliphatic heterocycles. The van der Waals surface area contributed by atoms with Crippen LogP contribution in [0, 0.1) is 16.3 Å². The molecule has 0 spiro atoms. The maximum absolute atomic E-state index is 14.4. The predicted molar refractivity (Wildman–Crippen MR) is 133 cm³/mol. The number of sulfonamides is 1. The maximum atomic E-state index is 14.4. The average Bonchev–Trinajstić information content (AvgIpc) is 3.45. The van der Waals surface area contributed by atoms with Gasteiger partial charge in [-0.2, -0.15) is 0 Å². The zero-order valence-electron chi connectivity index (χ0n) is 16.4. The van der Waals surface area contributed by atoms with Crippen molar-refractivity contribution in [3.63, 3.8) is 0 Å². The van der Waals surface area contributed by atoms with Gasteiger partial charge in [-0.1, -0.05) is 22.6 Å². The molecular formula is C19H22FI2N3O4S. The molecule has 1 aromatic carbocycles. The molecular weight excluding hydrogens is 639 g/mol. The molecule has 1 aromatic heterocycles. The lowest BCUT2D eigenvalue weighted by atomic mass is 10.2. The monoisotopic (exact) mass is 661 g/mol. The molecule has 1 saturated carbocycles. The Morgan fingerprint density at radius 2 is 1.97 bits per heavy atom. The van der Waals surface area contributed by atoms with Crippen LogP contribution in [0.1, 0.15) is 24.8 Å². The van der Waals surface area contributed by atoms with Crippen molar-refractivity contribution in [3.8, 4) is 0 Å². The minimum atomic E-state index is -3.85. The molecule has 3 N–H and O–H groups in total. The van der Waals surface area contributed by atoms with Gasteiger partial charge in [0.05, 0.1) is 22.2 Å². The first-order chi connectivity index (χ1) is 14.0. The third-order valence-electron chi connectivity index (χ3n) is 5.19. The summed E-state index contributed by atoms with van der Waals surface area (Å²) in [5.41, 5.74) is 0.299. The maximum Gasteiger partial charge on any atom is 0.254 e. The molecule has 0 saturated heterocycles. The summed E-state index contributed by atoms with van der Waals surface area (Å²) in [7, 11) is -2.36. The van der Waals surface area contributed by atoms with Crippen LogP contribution >= 0.6 is 45.2 Å². The molecule has 0 unspecified atom stereocenters. The molecule has 30 heavy (non-hydrogen) atoms. The quantitative estimate of drug-likeness (QED) is 0.297. The number of alkyl halides is 1. The van der Waals surface area contributed by atoms with Crippen molar-refractivity contribution in [2.24, 2.45) is 7.05 Å². The first-order valence-corrected chi connectivity index (χ1v) is 13.3. The van der Waals surface area contributed by atoms with Crippen molar-refractivity contribution in [2.45, 2.75) is 37.0 Å². The molecule has 0 amide bonds. The van der Waals surface area contributed by atoms with Gasteiger partial charge in [-0.05, 0) is 73.0 Å². The van der Waals surface area contributed by atoms with E-state index in [0.29, 0.717) is 26.4 Å². The third kappa shape index (κ3) is 4.78. The number of hydrogen-bond acceptors (Lipinski definition) is 5. The van der Waals surface area contributed by atoms with E-state index in [1.54, 1.807) is 13.0 Å². The van der Waals surface area contributed by atoms with Crippen molar-refractivity contribution >= 4 is 72.4 Å². The van der Waals surface area contributed by atoms with Crippen LogP contribution in [0.25, 0.3) is 0 Å². The van der Waals surface area contributed by atoms with Gasteiger partial charge >= 0.3 is 0 Å². The van der Waals surface area contributed by atoms with Crippen LogP contribution in [0.15, 0.2) is 29.1 Å². The Bertz CT molecular complexity index is 1130. The van der Waals surface area contributed by atoms with Gasteiger partial charge in [0.2, 0.25) is 10.0 Å². The SMILES string of the molecule is Cc1cc(NS(=O)(=O)C2(C[C@H](O)CI)CC2)c(Nc2ccc(I)cc2F)n(C)c1=O. The first-order valence-electron chi connectivity index (χ1n) is 9.19. The highest BCUT2D eigenvalue weighted by Gasteiger charge is 2.55. The molecule has 7 nitrogen and oxygen atoms in total. The van der Waals surface area contributed by atoms with Gasteiger partial charge in [-0.25, -0.2) is 12.8 Å². The molecule has 1 atom stereocenters. The number of halogens is 3.